The van der Waals surface area contributed by atoms with Crippen molar-refractivity contribution in [3.63, 3.8) is 0 Å². The van der Waals surface area contributed by atoms with Crippen LogP contribution in [0.4, 0.5) is 6.01 Å². The van der Waals surface area contributed by atoms with E-state index in [1.807, 2.05) is 0 Å². The minimum Gasteiger partial charge on any atom is -0.459 e. The van der Waals surface area contributed by atoms with E-state index in [0.29, 0.717) is 0 Å². The van der Waals surface area contributed by atoms with Gasteiger partial charge in [-0.25, -0.2) is 18.4 Å². The van der Waals surface area contributed by atoms with E-state index < -0.39 is 21.9 Å². The zero-order valence-corrected chi connectivity index (χ0v) is 12.0. The number of aromatic nitrogens is 2. The zero-order chi connectivity index (χ0) is 15.6. The van der Waals surface area contributed by atoms with Crippen molar-refractivity contribution in [3.05, 3.63) is 5.89 Å². The average molecular weight is 318 g/mol. The summed E-state index contributed by atoms with van der Waals surface area (Å²) in [5, 5.41) is 12.0. The highest BCUT2D eigenvalue weighted by atomic mass is 32.2. The molecule has 0 spiro atoms. The summed E-state index contributed by atoms with van der Waals surface area (Å²) in [5.74, 6) is -2.29. The highest BCUT2D eigenvalue weighted by Gasteiger charge is 2.36. The van der Waals surface area contributed by atoms with Gasteiger partial charge >= 0.3 is 17.9 Å². The molecular weight excluding hydrogens is 304 g/mol. The summed E-state index contributed by atoms with van der Waals surface area (Å²) in [6.07, 6.45) is 0.00749. The van der Waals surface area contributed by atoms with Crippen molar-refractivity contribution in [2.75, 3.05) is 23.8 Å². The minimum atomic E-state index is -3.67. The van der Waals surface area contributed by atoms with E-state index in [2.05, 4.69) is 14.9 Å². The van der Waals surface area contributed by atoms with Crippen LogP contribution in [-0.2, 0) is 19.6 Å². The molecule has 2 N–H and O–H groups in total. The van der Waals surface area contributed by atoms with E-state index in [1.54, 1.807) is 6.92 Å². The summed E-state index contributed by atoms with van der Waals surface area (Å²) in [7, 11) is -3.67. The maximum atomic E-state index is 11.8. The Balaban J connectivity index is 2.09. The van der Waals surface area contributed by atoms with Crippen molar-refractivity contribution in [2.24, 2.45) is 11.1 Å². The summed E-state index contributed by atoms with van der Waals surface area (Å²) in [5.41, 5.74) is 0. The van der Waals surface area contributed by atoms with E-state index >= 15 is 0 Å². The summed E-state index contributed by atoms with van der Waals surface area (Å²) in [6, 6.07) is -0.167. The molecule has 1 aliphatic rings. The number of hydrogen-bond acceptors (Lipinski definition) is 8. The second-order valence-electron chi connectivity index (χ2n) is 4.51. The molecule has 0 bridgehead atoms. The Labute approximate surface area is 120 Å². The monoisotopic (exact) mass is 318 g/mol. The Morgan fingerprint density at radius 2 is 2.24 bits per heavy atom. The third kappa shape index (κ3) is 3.76. The van der Waals surface area contributed by atoms with Gasteiger partial charge in [0, 0.05) is 18.9 Å². The second kappa shape index (κ2) is 5.77. The fourth-order valence-corrected chi connectivity index (χ4v) is 2.89. The molecular formula is C10H14N4O6S. The van der Waals surface area contributed by atoms with E-state index in [4.69, 9.17) is 9.56 Å². The largest absolute Gasteiger partial charge is 0.459 e. The summed E-state index contributed by atoms with van der Waals surface area (Å²) < 4.78 is 31.8. The first kappa shape index (κ1) is 15.4. The van der Waals surface area contributed by atoms with Gasteiger partial charge in [-0.2, -0.15) is 0 Å². The van der Waals surface area contributed by atoms with E-state index in [0.717, 1.165) is 4.90 Å². The molecule has 11 heteroatoms. The van der Waals surface area contributed by atoms with Gasteiger partial charge in [0.25, 0.3) is 0 Å². The van der Waals surface area contributed by atoms with Crippen molar-refractivity contribution < 1.29 is 27.2 Å². The second-order valence-corrected chi connectivity index (χ2v) is 6.17. The minimum absolute atomic E-state index is 0.00749. The SMILES string of the molecule is CCOC(=O)c1nnc(N2CC(CS(N)(=O)=O)CC2=O)o1. The van der Waals surface area contributed by atoms with E-state index in [-0.39, 0.29) is 43.1 Å². The van der Waals surface area contributed by atoms with Crippen LogP contribution in [0.3, 0.4) is 0 Å². The molecule has 0 saturated carbocycles. The number of anilines is 1. The summed E-state index contributed by atoms with van der Waals surface area (Å²) in [4.78, 5) is 24.3. The topological polar surface area (TPSA) is 146 Å². The number of nitrogens with zero attached hydrogens (tertiary/aromatic N) is 3. The first-order chi connectivity index (χ1) is 9.80. The predicted molar refractivity (Wildman–Crippen MR) is 68.7 cm³/mol. The molecule has 0 aromatic carbocycles. The Kier molecular flexibility index (Phi) is 4.23. The molecule has 1 amide bonds. The number of ether oxygens (including phenoxy) is 1. The Hall–Kier alpha value is -2.01. The third-order valence-corrected chi connectivity index (χ3v) is 3.70. The molecule has 1 aromatic heterocycles. The van der Waals surface area contributed by atoms with Crippen molar-refractivity contribution in [1.82, 2.24) is 10.2 Å². The van der Waals surface area contributed by atoms with Crippen molar-refractivity contribution in [1.29, 1.82) is 0 Å². The van der Waals surface area contributed by atoms with Gasteiger partial charge < -0.3 is 9.15 Å². The van der Waals surface area contributed by atoms with Crippen molar-refractivity contribution >= 4 is 27.9 Å². The van der Waals surface area contributed by atoms with Gasteiger partial charge in [0.15, 0.2) is 0 Å². The smallest absolute Gasteiger partial charge is 0.396 e. The molecule has 10 nitrogen and oxygen atoms in total. The predicted octanol–water partition coefficient (Wildman–Crippen LogP) is -1.11. The van der Waals surface area contributed by atoms with Crippen LogP contribution in [0.25, 0.3) is 0 Å². The van der Waals surface area contributed by atoms with Crippen molar-refractivity contribution in [3.8, 4) is 0 Å². The number of carbonyl (C=O) groups excluding carboxylic acids is 2. The van der Waals surface area contributed by atoms with Gasteiger partial charge in [0.1, 0.15) is 0 Å². The highest BCUT2D eigenvalue weighted by molar-refractivity contribution is 7.89. The number of rotatable bonds is 5. The summed E-state index contributed by atoms with van der Waals surface area (Å²) in [6.45, 7) is 1.85. The number of sulfonamides is 1. The number of amides is 1. The lowest BCUT2D eigenvalue weighted by molar-refractivity contribution is -0.117. The van der Waals surface area contributed by atoms with Crippen LogP contribution in [0.15, 0.2) is 4.42 Å². The number of primary sulfonamides is 1. The zero-order valence-electron chi connectivity index (χ0n) is 11.2. The van der Waals surface area contributed by atoms with Gasteiger partial charge in [-0.3, -0.25) is 9.69 Å². The van der Waals surface area contributed by atoms with Crippen LogP contribution in [-0.4, -0.2) is 49.4 Å². The van der Waals surface area contributed by atoms with Crippen molar-refractivity contribution in [2.45, 2.75) is 13.3 Å². The molecule has 2 heterocycles. The lowest BCUT2D eigenvalue weighted by Gasteiger charge is -2.10. The van der Waals surface area contributed by atoms with Crippen LogP contribution >= 0.6 is 0 Å². The van der Waals surface area contributed by atoms with Crippen LogP contribution in [0, 0.1) is 5.92 Å². The van der Waals surface area contributed by atoms with Crippen LogP contribution in [0.1, 0.15) is 24.0 Å². The van der Waals surface area contributed by atoms with E-state index in [1.165, 1.54) is 0 Å². The molecule has 1 aliphatic heterocycles. The van der Waals surface area contributed by atoms with Crippen LogP contribution in [0.5, 0.6) is 0 Å². The van der Waals surface area contributed by atoms with E-state index in [9.17, 15) is 18.0 Å². The van der Waals surface area contributed by atoms with Gasteiger partial charge in [0.05, 0.1) is 12.4 Å². The van der Waals surface area contributed by atoms with Crippen LogP contribution < -0.4 is 10.0 Å². The maximum Gasteiger partial charge on any atom is 0.396 e. The number of nitrogens with two attached hydrogens (primary N) is 1. The lowest BCUT2D eigenvalue weighted by Crippen LogP contribution is -2.27. The Morgan fingerprint density at radius 3 is 2.86 bits per heavy atom. The molecule has 21 heavy (non-hydrogen) atoms. The quantitative estimate of drug-likeness (QED) is 0.672. The molecule has 1 fully saturated rings. The van der Waals surface area contributed by atoms with Gasteiger partial charge in [-0.1, -0.05) is 10.2 Å². The highest BCUT2D eigenvalue weighted by Crippen LogP contribution is 2.24. The first-order valence-corrected chi connectivity index (χ1v) is 7.83. The fraction of sp³-hybridized carbons (Fsp3) is 0.600. The average Bonchev–Trinajstić information content (AvgIpc) is 2.94. The standard InChI is InChI=1S/C10H14N4O6S/c1-2-19-9(16)8-12-13-10(20-8)14-4-6(3-7(14)15)5-21(11,17)18/h6H,2-5H2,1H3,(H2,11,17,18). The first-order valence-electron chi connectivity index (χ1n) is 6.11. The number of esters is 1. The molecule has 2 rings (SSSR count). The lowest BCUT2D eigenvalue weighted by atomic mass is 10.1. The summed E-state index contributed by atoms with van der Waals surface area (Å²) >= 11 is 0. The molecule has 1 saturated heterocycles. The maximum absolute atomic E-state index is 11.8. The van der Waals surface area contributed by atoms with Gasteiger partial charge in [0.2, 0.25) is 15.9 Å². The normalized spacial score (nSPS) is 19.0. The molecule has 0 aliphatic carbocycles. The van der Waals surface area contributed by atoms with Crippen LogP contribution in [0.2, 0.25) is 0 Å². The molecule has 1 unspecified atom stereocenters. The Morgan fingerprint density at radius 1 is 1.52 bits per heavy atom. The number of carbonyl (C=O) groups is 2. The van der Waals surface area contributed by atoms with Gasteiger partial charge in [-0.05, 0) is 6.92 Å². The van der Waals surface area contributed by atoms with Gasteiger partial charge in [-0.15, -0.1) is 0 Å². The third-order valence-electron chi connectivity index (χ3n) is 2.77. The molecule has 116 valence electrons. The fourth-order valence-electron chi connectivity index (χ4n) is 2.01. The molecule has 1 atom stereocenters. The Bertz CT molecular complexity index is 654. The molecule has 1 aromatic rings. The number of hydrogen-bond donors (Lipinski definition) is 1. The molecule has 0 radical (unpaired) electrons.